The van der Waals surface area contributed by atoms with E-state index in [-0.39, 0.29) is 5.97 Å². The second-order valence-corrected chi connectivity index (χ2v) is 3.64. The summed E-state index contributed by atoms with van der Waals surface area (Å²) in [6.07, 6.45) is 4.54. The van der Waals surface area contributed by atoms with Crippen LogP contribution in [0.3, 0.4) is 0 Å². The highest BCUT2D eigenvalue weighted by Crippen LogP contribution is 2.14. The number of cyclic esters (lactones) is 1. The lowest BCUT2D eigenvalue weighted by molar-refractivity contribution is -0.140. The van der Waals surface area contributed by atoms with Gasteiger partial charge in [-0.25, -0.2) is 4.79 Å². The van der Waals surface area contributed by atoms with Crippen LogP contribution in [0.2, 0.25) is 0 Å². The third-order valence-corrected chi connectivity index (χ3v) is 2.53. The standard InChI is InChI=1S/C13H14O2/c14-13-12(7-4-10-15-13)9-8-11-5-2-1-3-6-11/h1-3,5-7H,4,8-10H2. The average molecular weight is 202 g/mol. The topological polar surface area (TPSA) is 26.3 Å². The summed E-state index contributed by atoms with van der Waals surface area (Å²) in [5, 5.41) is 0. The van der Waals surface area contributed by atoms with E-state index in [4.69, 9.17) is 4.74 Å². The Bertz CT molecular complexity index is 365. The minimum Gasteiger partial charge on any atom is -0.462 e. The number of esters is 1. The molecule has 1 heterocycles. The summed E-state index contributed by atoms with van der Waals surface area (Å²) < 4.78 is 4.97. The second kappa shape index (κ2) is 4.78. The van der Waals surface area contributed by atoms with Gasteiger partial charge in [0.2, 0.25) is 0 Å². The van der Waals surface area contributed by atoms with Crippen LogP contribution in [0, 0.1) is 0 Å². The average Bonchev–Trinajstić information content (AvgIpc) is 2.29. The number of rotatable bonds is 3. The third-order valence-electron chi connectivity index (χ3n) is 2.53. The van der Waals surface area contributed by atoms with Gasteiger partial charge in [0.1, 0.15) is 0 Å². The summed E-state index contributed by atoms with van der Waals surface area (Å²) in [6.45, 7) is 0.535. The normalized spacial score (nSPS) is 15.7. The Hall–Kier alpha value is -1.57. The predicted octanol–water partition coefficient (Wildman–Crippen LogP) is 2.49. The minimum atomic E-state index is -0.141. The number of hydrogen-bond donors (Lipinski definition) is 0. The van der Waals surface area contributed by atoms with Crippen molar-refractivity contribution in [1.82, 2.24) is 0 Å². The molecule has 0 unspecified atom stereocenters. The molecule has 0 bridgehead atoms. The van der Waals surface area contributed by atoms with Crippen molar-refractivity contribution in [3.8, 4) is 0 Å². The number of ether oxygens (including phenoxy) is 1. The first-order valence-corrected chi connectivity index (χ1v) is 5.26. The number of benzene rings is 1. The molecule has 0 spiro atoms. The lowest BCUT2D eigenvalue weighted by Gasteiger charge is -2.12. The molecule has 2 heteroatoms. The lowest BCUT2D eigenvalue weighted by atomic mass is 10.0. The molecule has 0 aromatic heterocycles. The van der Waals surface area contributed by atoms with Crippen molar-refractivity contribution < 1.29 is 9.53 Å². The molecule has 0 amide bonds. The fourth-order valence-corrected chi connectivity index (χ4v) is 1.69. The van der Waals surface area contributed by atoms with E-state index < -0.39 is 0 Å². The molecule has 0 aliphatic carbocycles. The molecule has 0 saturated carbocycles. The highest BCUT2D eigenvalue weighted by Gasteiger charge is 2.14. The Morgan fingerprint density at radius 3 is 2.67 bits per heavy atom. The van der Waals surface area contributed by atoms with Gasteiger partial charge in [0.15, 0.2) is 0 Å². The number of aryl methyl sites for hydroxylation is 1. The van der Waals surface area contributed by atoms with Crippen molar-refractivity contribution in [2.45, 2.75) is 19.3 Å². The van der Waals surface area contributed by atoms with Gasteiger partial charge in [-0.05, 0) is 18.4 Å². The highest BCUT2D eigenvalue weighted by molar-refractivity contribution is 5.89. The van der Waals surface area contributed by atoms with Gasteiger partial charge in [-0.2, -0.15) is 0 Å². The highest BCUT2D eigenvalue weighted by atomic mass is 16.5. The summed E-state index contributed by atoms with van der Waals surface area (Å²) >= 11 is 0. The molecule has 78 valence electrons. The van der Waals surface area contributed by atoms with E-state index in [1.807, 2.05) is 24.3 Å². The molecule has 1 aromatic rings. The van der Waals surface area contributed by atoms with Crippen LogP contribution in [-0.2, 0) is 16.0 Å². The molecule has 0 N–H and O–H groups in total. The molecule has 2 rings (SSSR count). The van der Waals surface area contributed by atoms with Gasteiger partial charge < -0.3 is 4.74 Å². The fourth-order valence-electron chi connectivity index (χ4n) is 1.69. The minimum absolute atomic E-state index is 0.141. The third kappa shape index (κ3) is 2.69. The summed E-state index contributed by atoms with van der Waals surface area (Å²) in [7, 11) is 0. The molecule has 0 fully saturated rings. The number of carbonyl (C=O) groups excluding carboxylic acids is 1. The van der Waals surface area contributed by atoms with Crippen LogP contribution in [0.25, 0.3) is 0 Å². The SMILES string of the molecule is O=C1OCCC=C1CCc1ccccc1. The zero-order valence-corrected chi connectivity index (χ0v) is 8.61. The molecular formula is C13H14O2. The van der Waals surface area contributed by atoms with Crippen LogP contribution in [-0.4, -0.2) is 12.6 Å². The summed E-state index contributed by atoms with van der Waals surface area (Å²) in [6, 6.07) is 10.2. The maximum absolute atomic E-state index is 11.3. The van der Waals surface area contributed by atoms with Crippen molar-refractivity contribution >= 4 is 5.97 Å². The van der Waals surface area contributed by atoms with Gasteiger partial charge in [0.25, 0.3) is 0 Å². The molecule has 1 aliphatic heterocycles. The maximum atomic E-state index is 11.3. The van der Waals surface area contributed by atoms with Crippen LogP contribution < -0.4 is 0 Å². The quantitative estimate of drug-likeness (QED) is 0.704. The van der Waals surface area contributed by atoms with Gasteiger partial charge in [-0.1, -0.05) is 36.4 Å². The van der Waals surface area contributed by atoms with Crippen molar-refractivity contribution in [2.24, 2.45) is 0 Å². The second-order valence-electron chi connectivity index (χ2n) is 3.64. The Balaban J connectivity index is 1.93. The van der Waals surface area contributed by atoms with Crippen LogP contribution in [0.5, 0.6) is 0 Å². The fraction of sp³-hybridized carbons (Fsp3) is 0.308. The Kier molecular flexibility index (Phi) is 3.18. The van der Waals surface area contributed by atoms with Crippen molar-refractivity contribution in [2.75, 3.05) is 6.61 Å². The Labute approximate surface area is 89.6 Å². The van der Waals surface area contributed by atoms with Crippen LogP contribution >= 0.6 is 0 Å². The van der Waals surface area contributed by atoms with Gasteiger partial charge in [-0.15, -0.1) is 0 Å². The molecule has 0 saturated heterocycles. The van der Waals surface area contributed by atoms with Gasteiger partial charge in [0.05, 0.1) is 6.61 Å². The molecular weight excluding hydrogens is 188 g/mol. The lowest BCUT2D eigenvalue weighted by Crippen LogP contribution is -2.14. The molecule has 15 heavy (non-hydrogen) atoms. The van der Waals surface area contributed by atoms with E-state index in [0.717, 1.165) is 24.8 Å². The zero-order chi connectivity index (χ0) is 10.5. The summed E-state index contributed by atoms with van der Waals surface area (Å²) in [5.74, 6) is -0.141. The van der Waals surface area contributed by atoms with Gasteiger partial charge in [0, 0.05) is 12.0 Å². The van der Waals surface area contributed by atoms with E-state index in [9.17, 15) is 4.79 Å². The molecule has 1 aromatic carbocycles. The van der Waals surface area contributed by atoms with E-state index in [2.05, 4.69) is 12.1 Å². The first-order valence-electron chi connectivity index (χ1n) is 5.26. The molecule has 0 atom stereocenters. The van der Waals surface area contributed by atoms with E-state index in [1.165, 1.54) is 5.56 Å². The first-order chi connectivity index (χ1) is 7.36. The van der Waals surface area contributed by atoms with Crippen molar-refractivity contribution in [3.05, 3.63) is 47.5 Å². The summed E-state index contributed by atoms with van der Waals surface area (Å²) in [5.41, 5.74) is 2.09. The smallest absolute Gasteiger partial charge is 0.333 e. The van der Waals surface area contributed by atoms with Crippen molar-refractivity contribution in [3.63, 3.8) is 0 Å². The zero-order valence-electron chi connectivity index (χ0n) is 8.61. The number of carbonyl (C=O) groups is 1. The monoisotopic (exact) mass is 202 g/mol. The van der Waals surface area contributed by atoms with Gasteiger partial charge in [-0.3, -0.25) is 0 Å². The molecule has 0 radical (unpaired) electrons. The van der Waals surface area contributed by atoms with Gasteiger partial charge >= 0.3 is 5.97 Å². The maximum Gasteiger partial charge on any atom is 0.333 e. The molecule has 1 aliphatic rings. The van der Waals surface area contributed by atoms with E-state index in [1.54, 1.807) is 0 Å². The summed E-state index contributed by atoms with van der Waals surface area (Å²) in [4.78, 5) is 11.3. The van der Waals surface area contributed by atoms with E-state index >= 15 is 0 Å². The predicted molar refractivity (Wildman–Crippen MR) is 58.4 cm³/mol. The Morgan fingerprint density at radius 2 is 1.93 bits per heavy atom. The first kappa shape index (κ1) is 9.97. The Morgan fingerprint density at radius 1 is 1.13 bits per heavy atom. The van der Waals surface area contributed by atoms with Crippen LogP contribution in [0.1, 0.15) is 18.4 Å². The largest absolute Gasteiger partial charge is 0.462 e. The van der Waals surface area contributed by atoms with Crippen LogP contribution in [0.15, 0.2) is 42.0 Å². The number of hydrogen-bond acceptors (Lipinski definition) is 2. The van der Waals surface area contributed by atoms with Crippen LogP contribution in [0.4, 0.5) is 0 Å². The van der Waals surface area contributed by atoms with E-state index in [0.29, 0.717) is 6.61 Å². The molecule has 2 nitrogen and oxygen atoms in total. The van der Waals surface area contributed by atoms with Crippen molar-refractivity contribution in [1.29, 1.82) is 0 Å².